The topological polar surface area (TPSA) is 92.8 Å². The van der Waals surface area contributed by atoms with Crippen LogP contribution in [0.25, 0.3) is 0 Å². The first kappa shape index (κ1) is 23.0. The van der Waals surface area contributed by atoms with Gasteiger partial charge in [-0.15, -0.1) is 0 Å². The molecule has 3 aromatic rings. The molecule has 0 atom stereocenters. The molecule has 32 heavy (non-hydrogen) atoms. The highest BCUT2D eigenvalue weighted by Crippen LogP contribution is 2.32. The Labute approximate surface area is 187 Å². The molecule has 7 nitrogen and oxygen atoms in total. The molecule has 166 valence electrons. The molecule has 3 aromatic carbocycles. The summed E-state index contributed by atoms with van der Waals surface area (Å²) in [6.07, 6.45) is 0. The second kappa shape index (κ2) is 10.1. The maximum absolute atomic E-state index is 13.5. The summed E-state index contributed by atoms with van der Waals surface area (Å²) in [7, 11) is -4.07. The fourth-order valence-electron chi connectivity index (χ4n) is 3.11. The number of hydrogen-bond acceptors (Lipinski definition) is 5. The monoisotopic (exact) mass is 452 g/mol. The molecule has 1 N–H and O–H groups in total. The van der Waals surface area contributed by atoms with Gasteiger partial charge < -0.3 is 10.1 Å². The minimum atomic E-state index is -4.07. The third kappa shape index (κ3) is 5.33. The number of carbonyl (C=O) groups excluding carboxylic acids is 2. The van der Waals surface area contributed by atoms with Gasteiger partial charge in [-0.25, -0.2) is 8.42 Å². The predicted octanol–water partition coefficient (Wildman–Crippen LogP) is 4.12. The van der Waals surface area contributed by atoms with Crippen LogP contribution in [0.3, 0.4) is 0 Å². The summed E-state index contributed by atoms with van der Waals surface area (Å²) in [4.78, 5) is 24.6. The molecule has 0 spiro atoms. The van der Waals surface area contributed by atoms with Gasteiger partial charge >= 0.3 is 0 Å². The van der Waals surface area contributed by atoms with E-state index in [0.29, 0.717) is 23.6 Å². The molecular formula is C24H24N2O5S. The van der Waals surface area contributed by atoms with E-state index < -0.39 is 22.5 Å². The number of nitrogens with one attached hydrogen (secondary N) is 1. The van der Waals surface area contributed by atoms with Crippen molar-refractivity contribution in [1.29, 1.82) is 0 Å². The van der Waals surface area contributed by atoms with Gasteiger partial charge in [0, 0.05) is 11.3 Å². The number of hydrogen-bond donors (Lipinski definition) is 1. The third-order valence-electron chi connectivity index (χ3n) is 4.61. The van der Waals surface area contributed by atoms with Gasteiger partial charge in [-0.1, -0.05) is 42.5 Å². The Morgan fingerprint density at radius 2 is 1.62 bits per heavy atom. The second-order valence-corrected chi connectivity index (χ2v) is 8.77. The SMILES string of the molecule is CCOc1ccccc1N(CC(=O)Nc1cccc(C(C)=O)c1)S(=O)(=O)c1ccccc1. The highest BCUT2D eigenvalue weighted by Gasteiger charge is 2.29. The number of benzene rings is 3. The molecule has 1 amide bonds. The lowest BCUT2D eigenvalue weighted by Crippen LogP contribution is -2.38. The maximum Gasteiger partial charge on any atom is 0.264 e. The van der Waals surface area contributed by atoms with E-state index in [1.807, 2.05) is 0 Å². The zero-order valence-electron chi connectivity index (χ0n) is 17.8. The normalized spacial score (nSPS) is 10.9. The van der Waals surface area contributed by atoms with Crippen molar-refractivity contribution in [3.8, 4) is 5.75 Å². The minimum absolute atomic E-state index is 0.0534. The van der Waals surface area contributed by atoms with Crippen molar-refractivity contribution in [2.75, 3.05) is 22.8 Å². The van der Waals surface area contributed by atoms with Crippen LogP contribution in [0.5, 0.6) is 5.75 Å². The van der Waals surface area contributed by atoms with Gasteiger partial charge in [0.1, 0.15) is 12.3 Å². The van der Waals surface area contributed by atoms with Crippen LogP contribution in [0.15, 0.2) is 83.8 Å². The number of nitrogens with zero attached hydrogens (tertiary/aromatic N) is 1. The number of amides is 1. The Morgan fingerprint density at radius 3 is 2.31 bits per heavy atom. The van der Waals surface area contributed by atoms with Crippen LogP contribution in [-0.4, -0.2) is 33.3 Å². The van der Waals surface area contributed by atoms with Crippen molar-refractivity contribution in [3.05, 3.63) is 84.4 Å². The van der Waals surface area contributed by atoms with Crippen molar-refractivity contribution in [3.63, 3.8) is 0 Å². The van der Waals surface area contributed by atoms with Gasteiger partial charge in [0.15, 0.2) is 5.78 Å². The van der Waals surface area contributed by atoms with Crippen LogP contribution in [0.4, 0.5) is 11.4 Å². The fraction of sp³-hybridized carbons (Fsp3) is 0.167. The van der Waals surface area contributed by atoms with E-state index in [1.54, 1.807) is 73.7 Å². The first-order valence-electron chi connectivity index (χ1n) is 10.0. The predicted molar refractivity (Wildman–Crippen MR) is 124 cm³/mol. The molecule has 0 heterocycles. The number of rotatable bonds is 9. The molecular weight excluding hydrogens is 428 g/mol. The minimum Gasteiger partial charge on any atom is -0.492 e. The summed E-state index contributed by atoms with van der Waals surface area (Å²) in [5.41, 5.74) is 1.10. The van der Waals surface area contributed by atoms with Crippen molar-refractivity contribution in [2.24, 2.45) is 0 Å². The van der Waals surface area contributed by atoms with Gasteiger partial charge in [0.2, 0.25) is 5.91 Å². The highest BCUT2D eigenvalue weighted by molar-refractivity contribution is 7.92. The van der Waals surface area contributed by atoms with E-state index in [0.717, 1.165) is 4.31 Å². The Hall–Kier alpha value is -3.65. The van der Waals surface area contributed by atoms with Crippen LogP contribution in [-0.2, 0) is 14.8 Å². The van der Waals surface area contributed by atoms with Gasteiger partial charge in [-0.2, -0.15) is 0 Å². The van der Waals surface area contributed by atoms with E-state index in [9.17, 15) is 18.0 Å². The lowest BCUT2D eigenvalue weighted by molar-refractivity contribution is -0.114. The zero-order chi connectivity index (χ0) is 23.1. The molecule has 0 saturated heterocycles. The van der Waals surface area contributed by atoms with Crippen molar-refractivity contribution in [2.45, 2.75) is 18.7 Å². The molecule has 0 radical (unpaired) electrons. The average Bonchev–Trinajstić information content (AvgIpc) is 2.79. The second-order valence-electron chi connectivity index (χ2n) is 6.91. The summed E-state index contributed by atoms with van der Waals surface area (Å²) < 4.78 is 33.6. The Balaban J connectivity index is 1.97. The van der Waals surface area contributed by atoms with Gasteiger partial charge in [-0.3, -0.25) is 13.9 Å². The molecule has 0 aromatic heterocycles. The molecule has 3 rings (SSSR count). The molecule has 0 unspecified atom stereocenters. The van der Waals surface area contributed by atoms with Crippen LogP contribution in [0, 0.1) is 0 Å². The van der Waals surface area contributed by atoms with Crippen LogP contribution < -0.4 is 14.4 Å². The molecule has 0 aliphatic rings. The van der Waals surface area contributed by atoms with Gasteiger partial charge in [0.05, 0.1) is 17.2 Å². The van der Waals surface area contributed by atoms with Gasteiger partial charge in [-0.05, 0) is 50.2 Å². The highest BCUT2D eigenvalue weighted by atomic mass is 32.2. The number of ether oxygens (including phenoxy) is 1. The lowest BCUT2D eigenvalue weighted by atomic mass is 10.1. The number of anilines is 2. The molecule has 0 bridgehead atoms. The van der Waals surface area contributed by atoms with E-state index in [4.69, 9.17) is 4.74 Å². The Bertz CT molecular complexity index is 1210. The third-order valence-corrected chi connectivity index (χ3v) is 6.38. The van der Waals surface area contributed by atoms with E-state index in [1.165, 1.54) is 19.1 Å². The number of para-hydroxylation sites is 2. The quantitative estimate of drug-likeness (QED) is 0.493. The van der Waals surface area contributed by atoms with Crippen LogP contribution >= 0.6 is 0 Å². The molecule has 8 heteroatoms. The first-order chi connectivity index (χ1) is 15.3. The Kier molecular flexibility index (Phi) is 7.27. The summed E-state index contributed by atoms with van der Waals surface area (Å²) in [6.45, 7) is 3.08. The summed E-state index contributed by atoms with van der Waals surface area (Å²) >= 11 is 0. The molecule has 0 saturated carbocycles. The number of Topliss-reactive ketones (excluding diaryl/α,β-unsaturated/α-hetero) is 1. The summed E-state index contributed by atoms with van der Waals surface area (Å²) in [5, 5.41) is 2.67. The van der Waals surface area contributed by atoms with Crippen LogP contribution in [0.1, 0.15) is 24.2 Å². The van der Waals surface area contributed by atoms with Crippen molar-refractivity contribution < 1.29 is 22.7 Å². The molecule has 0 fully saturated rings. The number of carbonyl (C=O) groups is 2. The molecule has 0 aliphatic heterocycles. The molecule has 0 aliphatic carbocycles. The summed E-state index contributed by atoms with van der Waals surface area (Å²) in [6, 6.07) is 21.0. The number of sulfonamides is 1. The maximum atomic E-state index is 13.5. The van der Waals surface area contributed by atoms with Crippen LogP contribution in [0.2, 0.25) is 0 Å². The van der Waals surface area contributed by atoms with Crippen molar-refractivity contribution >= 4 is 33.1 Å². The largest absolute Gasteiger partial charge is 0.492 e. The van der Waals surface area contributed by atoms with E-state index in [-0.39, 0.29) is 16.4 Å². The van der Waals surface area contributed by atoms with E-state index in [2.05, 4.69) is 5.32 Å². The summed E-state index contributed by atoms with van der Waals surface area (Å²) in [5.74, 6) is -0.350. The van der Waals surface area contributed by atoms with Gasteiger partial charge in [0.25, 0.3) is 10.0 Å². The van der Waals surface area contributed by atoms with Crippen molar-refractivity contribution in [1.82, 2.24) is 0 Å². The Morgan fingerprint density at radius 1 is 0.938 bits per heavy atom. The number of ketones is 1. The lowest BCUT2D eigenvalue weighted by Gasteiger charge is -2.26. The fourth-order valence-corrected chi connectivity index (χ4v) is 4.56. The van der Waals surface area contributed by atoms with E-state index >= 15 is 0 Å². The standard InChI is InChI=1S/C24H24N2O5S/c1-3-31-23-15-8-7-14-22(23)26(32(29,30)21-12-5-4-6-13-21)17-24(28)25-20-11-9-10-19(16-20)18(2)27/h4-16H,3,17H2,1-2H3,(H,25,28). The average molecular weight is 453 g/mol. The smallest absolute Gasteiger partial charge is 0.264 e. The zero-order valence-corrected chi connectivity index (χ0v) is 18.6. The first-order valence-corrected chi connectivity index (χ1v) is 11.5.